The zero-order chi connectivity index (χ0) is 19.1. The van der Waals surface area contributed by atoms with Crippen molar-refractivity contribution < 1.29 is 4.79 Å². The number of rotatable bonds is 5. The number of amides is 1. The van der Waals surface area contributed by atoms with Crippen molar-refractivity contribution >= 4 is 16.8 Å². The van der Waals surface area contributed by atoms with Gasteiger partial charge in [-0.25, -0.2) is 0 Å². The molecule has 0 bridgehead atoms. The maximum Gasteiger partial charge on any atom is 0.237 e. The Balaban J connectivity index is 1.85. The van der Waals surface area contributed by atoms with Gasteiger partial charge >= 0.3 is 0 Å². The second kappa shape index (κ2) is 6.71. The number of fused-ring (bicyclic) bond motifs is 1. The molecule has 1 aromatic carbocycles. The van der Waals surface area contributed by atoms with Gasteiger partial charge in [0.05, 0.1) is 0 Å². The Hall–Kier alpha value is -1.85. The quantitative estimate of drug-likeness (QED) is 0.866. The molecule has 1 aliphatic rings. The second-order valence-corrected chi connectivity index (χ2v) is 9.14. The number of nitrogens with zero attached hydrogens (tertiary/aromatic N) is 2. The number of carbonyl (C=O) groups is 1. The smallest absolute Gasteiger partial charge is 0.237 e. The lowest BCUT2D eigenvalue weighted by atomic mass is 9.79. The van der Waals surface area contributed by atoms with Crippen molar-refractivity contribution in [3.8, 4) is 0 Å². The van der Waals surface area contributed by atoms with Crippen molar-refractivity contribution in [2.24, 2.45) is 5.73 Å². The topological polar surface area (TPSA) is 63.3 Å². The van der Waals surface area contributed by atoms with Gasteiger partial charge in [0.1, 0.15) is 6.54 Å². The summed E-state index contributed by atoms with van der Waals surface area (Å²) < 4.78 is 1.97. The molecule has 5 nitrogen and oxygen atoms in total. The fraction of sp³-hybridized carbons (Fsp3) is 0.571. The Morgan fingerprint density at radius 3 is 2.46 bits per heavy atom. The number of nitrogens with one attached hydrogen (secondary N) is 1. The number of hydrogen-bond acceptors (Lipinski definition) is 3. The average molecular weight is 357 g/mol. The van der Waals surface area contributed by atoms with E-state index in [0.717, 1.165) is 24.9 Å². The molecule has 0 radical (unpaired) electrons. The van der Waals surface area contributed by atoms with E-state index in [1.807, 2.05) is 10.6 Å². The van der Waals surface area contributed by atoms with Gasteiger partial charge in [-0.2, -0.15) is 0 Å². The molecule has 1 amide bonds. The largest absolute Gasteiger partial charge is 0.368 e. The highest BCUT2D eigenvalue weighted by Gasteiger charge is 2.39. The maximum absolute atomic E-state index is 11.4. The third-order valence-electron chi connectivity index (χ3n) is 5.41. The van der Waals surface area contributed by atoms with E-state index in [-0.39, 0.29) is 23.5 Å². The number of benzene rings is 1. The van der Waals surface area contributed by atoms with Crippen molar-refractivity contribution in [3.05, 3.63) is 36.0 Å². The molecule has 1 aromatic heterocycles. The summed E-state index contributed by atoms with van der Waals surface area (Å²) in [4.78, 5) is 13.9. The van der Waals surface area contributed by atoms with Crippen LogP contribution < -0.4 is 11.1 Å². The summed E-state index contributed by atoms with van der Waals surface area (Å²) in [7, 11) is 2.21. The maximum atomic E-state index is 11.4. The number of piperidine rings is 1. The minimum absolute atomic E-state index is 0.126. The molecule has 2 aromatic rings. The highest BCUT2D eigenvalue weighted by molar-refractivity contribution is 5.85. The molecule has 0 aliphatic carbocycles. The van der Waals surface area contributed by atoms with Gasteiger partial charge in [0.15, 0.2) is 0 Å². The fourth-order valence-electron chi connectivity index (χ4n) is 4.73. The van der Waals surface area contributed by atoms with Gasteiger partial charge < -0.3 is 15.6 Å². The Morgan fingerprint density at radius 2 is 1.85 bits per heavy atom. The van der Waals surface area contributed by atoms with E-state index in [2.05, 4.69) is 69.4 Å². The number of hydrogen-bond donors (Lipinski definition) is 2. The minimum Gasteiger partial charge on any atom is -0.368 e. The standard InChI is InChI=1S/C21H32N4O/c1-20(2)10-16(11-21(3,4)23-20)24(5)12-15-13-25(14-19(22)26)18-9-7-6-8-17(15)18/h6-9,13,16,23H,10-12,14H2,1-5H3,(H2,22,26). The van der Waals surface area contributed by atoms with Gasteiger partial charge in [-0.15, -0.1) is 0 Å². The van der Waals surface area contributed by atoms with Gasteiger partial charge in [0, 0.05) is 40.8 Å². The van der Waals surface area contributed by atoms with Gasteiger partial charge in [-0.05, 0) is 59.2 Å². The first-order valence-electron chi connectivity index (χ1n) is 9.41. The molecule has 142 valence electrons. The highest BCUT2D eigenvalue weighted by atomic mass is 16.1. The van der Waals surface area contributed by atoms with Crippen LogP contribution in [0.2, 0.25) is 0 Å². The number of nitrogens with two attached hydrogens (primary N) is 1. The molecule has 0 spiro atoms. The second-order valence-electron chi connectivity index (χ2n) is 9.14. The molecule has 1 saturated heterocycles. The van der Waals surface area contributed by atoms with E-state index in [1.165, 1.54) is 10.9 Å². The summed E-state index contributed by atoms with van der Waals surface area (Å²) >= 11 is 0. The molecule has 0 saturated carbocycles. The van der Waals surface area contributed by atoms with Gasteiger partial charge in [-0.1, -0.05) is 18.2 Å². The lowest BCUT2D eigenvalue weighted by Gasteiger charge is -2.49. The predicted octanol–water partition coefficient (Wildman–Crippen LogP) is 2.87. The van der Waals surface area contributed by atoms with Crippen LogP contribution in [0.15, 0.2) is 30.5 Å². The van der Waals surface area contributed by atoms with Crippen molar-refractivity contribution in [2.75, 3.05) is 7.05 Å². The van der Waals surface area contributed by atoms with Gasteiger partial charge in [0.25, 0.3) is 0 Å². The Bertz CT molecular complexity index is 789. The van der Waals surface area contributed by atoms with Crippen molar-refractivity contribution in [2.45, 2.75) is 70.7 Å². The molecule has 1 fully saturated rings. The molecule has 3 rings (SSSR count). The van der Waals surface area contributed by atoms with Crippen LogP contribution in [0.5, 0.6) is 0 Å². The summed E-state index contributed by atoms with van der Waals surface area (Å²) in [6.07, 6.45) is 4.32. The summed E-state index contributed by atoms with van der Waals surface area (Å²) in [5.41, 5.74) is 8.00. The summed E-state index contributed by atoms with van der Waals surface area (Å²) in [5.74, 6) is -0.312. The van der Waals surface area contributed by atoms with Crippen LogP contribution in [0, 0.1) is 0 Å². The number of para-hydroxylation sites is 1. The molecular formula is C21H32N4O. The van der Waals surface area contributed by atoms with E-state index in [9.17, 15) is 4.79 Å². The molecule has 0 atom stereocenters. The van der Waals surface area contributed by atoms with E-state index in [4.69, 9.17) is 5.73 Å². The minimum atomic E-state index is -0.312. The Labute approximate surface area is 156 Å². The van der Waals surface area contributed by atoms with Crippen LogP contribution in [0.25, 0.3) is 10.9 Å². The lowest BCUT2D eigenvalue weighted by Crippen LogP contribution is -2.61. The van der Waals surface area contributed by atoms with E-state index in [0.29, 0.717) is 6.04 Å². The zero-order valence-corrected chi connectivity index (χ0v) is 16.7. The molecule has 26 heavy (non-hydrogen) atoms. The van der Waals surface area contributed by atoms with Crippen molar-refractivity contribution in [1.82, 2.24) is 14.8 Å². The van der Waals surface area contributed by atoms with Crippen LogP contribution in [-0.4, -0.2) is 39.5 Å². The molecule has 3 N–H and O–H groups in total. The average Bonchev–Trinajstić information content (AvgIpc) is 2.82. The first-order chi connectivity index (χ1) is 12.1. The predicted molar refractivity (Wildman–Crippen MR) is 107 cm³/mol. The Kier molecular flexibility index (Phi) is 4.88. The van der Waals surface area contributed by atoms with Gasteiger partial charge in [-0.3, -0.25) is 9.69 Å². The Morgan fingerprint density at radius 1 is 1.23 bits per heavy atom. The van der Waals surface area contributed by atoms with Gasteiger partial charge in [0.2, 0.25) is 5.91 Å². The van der Waals surface area contributed by atoms with Crippen LogP contribution in [0.4, 0.5) is 0 Å². The molecule has 1 aliphatic heterocycles. The summed E-state index contributed by atoms with van der Waals surface area (Å²) in [6.45, 7) is 10.2. The summed E-state index contributed by atoms with van der Waals surface area (Å²) in [6, 6.07) is 8.76. The molecule has 5 heteroatoms. The number of primary amides is 1. The first kappa shape index (κ1) is 18.9. The normalized spacial score (nSPS) is 19.9. The van der Waals surface area contributed by atoms with Crippen LogP contribution in [-0.2, 0) is 17.9 Å². The van der Waals surface area contributed by atoms with Crippen LogP contribution >= 0.6 is 0 Å². The monoisotopic (exact) mass is 356 g/mol. The fourth-order valence-corrected chi connectivity index (χ4v) is 4.73. The van der Waals surface area contributed by atoms with Crippen LogP contribution in [0.3, 0.4) is 0 Å². The number of carbonyl (C=O) groups excluding carboxylic acids is 1. The molecule has 0 unspecified atom stereocenters. The first-order valence-corrected chi connectivity index (χ1v) is 9.41. The third-order valence-corrected chi connectivity index (χ3v) is 5.41. The van der Waals surface area contributed by atoms with E-state index < -0.39 is 0 Å². The lowest BCUT2D eigenvalue weighted by molar-refractivity contribution is -0.118. The van der Waals surface area contributed by atoms with Crippen molar-refractivity contribution in [3.63, 3.8) is 0 Å². The van der Waals surface area contributed by atoms with Crippen LogP contribution in [0.1, 0.15) is 46.1 Å². The zero-order valence-electron chi connectivity index (χ0n) is 16.7. The molecular weight excluding hydrogens is 324 g/mol. The number of aromatic nitrogens is 1. The summed E-state index contributed by atoms with van der Waals surface area (Å²) in [5, 5.41) is 4.96. The van der Waals surface area contributed by atoms with Crippen molar-refractivity contribution in [1.29, 1.82) is 0 Å². The van der Waals surface area contributed by atoms with E-state index >= 15 is 0 Å². The highest BCUT2D eigenvalue weighted by Crippen LogP contribution is 2.32. The third kappa shape index (κ3) is 4.10. The van der Waals surface area contributed by atoms with E-state index in [1.54, 1.807) is 0 Å². The molecule has 2 heterocycles. The SMILES string of the molecule is CN(Cc1cn(CC(N)=O)c2ccccc12)C1CC(C)(C)NC(C)(C)C1.